The van der Waals surface area contributed by atoms with E-state index in [-0.39, 0.29) is 0 Å². The molecule has 0 saturated carbocycles. The highest BCUT2D eigenvalue weighted by molar-refractivity contribution is 5.05. The Hall–Kier alpha value is -0.720. The van der Waals surface area contributed by atoms with Gasteiger partial charge >= 0.3 is 0 Å². The summed E-state index contributed by atoms with van der Waals surface area (Å²) in [5.41, 5.74) is 0. The fourth-order valence-electron chi connectivity index (χ4n) is 0.715. The Labute approximate surface area is 69.4 Å². The molecule has 0 aromatic heterocycles. The SMILES string of the molecule is CCCC/C=C\C=C(\O)CC. The van der Waals surface area contributed by atoms with E-state index in [4.69, 9.17) is 5.11 Å². The third-order valence-corrected chi connectivity index (χ3v) is 1.51. The van der Waals surface area contributed by atoms with Crippen LogP contribution in [-0.2, 0) is 0 Å². The molecular weight excluding hydrogens is 136 g/mol. The van der Waals surface area contributed by atoms with Gasteiger partial charge in [0.15, 0.2) is 0 Å². The van der Waals surface area contributed by atoms with Gasteiger partial charge in [0, 0.05) is 6.42 Å². The molecule has 0 aliphatic carbocycles. The molecule has 0 radical (unpaired) electrons. The average Bonchev–Trinajstić information content (AvgIpc) is 2.04. The van der Waals surface area contributed by atoms with Gasteiger partial charge in [-0.05, 0) is 12.5 Å². The van der Waals surface area contributed by atoms with Crippen molar-refractivity contribution in [3.05, 3.63) is 24.0 Å². The van der Waals surface area contributed by atoms with Gasteiger partial charge in [-0.25, -0.2) is 0 Å². The maximum absolute atomic E-state index is 9.02. The smallest absolute Gasteiger partial charge is 0.0919 e. The Morgan fingerprint density at radius 3 is 2.64 bits per heavy atom. The minimum absolute atomic E-state index is 0.456. The van der Waals surface area contributed by atoms with Crippen molar-refractivity contribution in [1.29, 1.82) is 0 Å². The van der Waals surface area contributed by atoms with Gasteiger partial charge in [-0.1, -0.05) is 38.8 Å². The molecule has 0 aromatic carbocycles. The lowest BCUT2D eigenvalue weighted by atomic mass is 10.2. The van der Waals surface area contributed by atoms with Gasteiger partial charge in [0.2, 0.25) is 0 Å². The van der Waals surface area contributed by atoms with Gasteiger partial charge in [0.25, 0.3) is 0 Å². The van der Waals surface area contributed by atoms with Crippen LogP contribution < -0.4 is 0 Å². The molecule has 1 nitrogen and oxygen atoms in total. The van der Waals surface area contributed by atoms with Gasteiger partial charge in [0.05, 0.1) is 5.76 Å². The summed E-state index contributed by atoms with van der Waals surface area (Å²) < 4.78 is 0. The number of hydrogen-bond donors (Lipinski definition) is 1. The lowest BCUT2D eigenvalue weighted by Crippen LogP contribution is -1.73. The van der Waals surface area contributed by atoms with Crippen LogP contribution in [0.2, 0.25) is 0 Å². The van der Waals surface area contributed by atoms with Crippen LogP contribution >= 0.6 is 0 Å². The van der Waals surface area contributed by atoms with Crippen molar-refractivity contribution in [3.8, 4) is 0 Å². The van der Waals surface area contributed by atoms with Gasteiger partial charge in [0.1, 0.15) is 0 Å². The molecule has 1 N–H and O–H groups in total. The summed E-state index contributed by atoms with van der Waals surface area (Å²) in [5.74, 6) is 0.456. The lowest BCUT2D eigenvalue weighted by molar-refractivity contribution is 0.395. The molecule has 0 aliphatic heterocycles. The molecule has 0 amide bonds. The molecule has 64 valence electrons. The lowest BCUT2D eigenvalue weighted by Gasteiger charge is -1.89. The van der Waals surface area contributed by atoms with Crippen LogP contribution in [0.1, 0.15) is 39.5 Å². The van der Waals surface area contributed by atoms with E-state index in [9.17, 15) is 0 Å². The first-order valence-electron chi connectivity index (χ1n) is 4.35. The van der Waals surface area contributed by atoms with E-state index in [1.54, 1.807) is 6.08 Å². The van der Waals surface area contributed by atoms with Gasteiger partial charge in [-0.15, -0.1) is 0 Å². The molecule has 0 atom stereocenters. The monoisotopic (exact) mass is 154 g/mol. The van der Waals surface area contributed by atoms with E-state index in [2.05, 4.69) is 13.0 Å². The Morgan fingerprint density at radius 2 is 2.09 bits per heavy atom. The van der Waals surface area contributed by atoms with E-state index >= 15 is 0 Å². The highest BCUT2D eigenvalue weighted by Crippen LogP contribution is 1.97. The zero-order valence-corrected chi connectivity index (χ0v) is 7.51. The molecule has 0 rings (SSSR count). The topological polar surface area (TPSA) is 20.2 Å². The van der Waals surface area contributed by atoms with Gasteiger partial charge < -0.3 is 5.11 Å². The normalized spacial score (nSPS) is 12.7. The Morgan fingerprint density at radius 1 is 1.36 bits per heavy atom. The summed E-state index contributed by atoms with van der Waals surface area (Å²) in [5, 5.41) is 9.02. The number of allylic oxidation sites excluding steroid dienone is 4. The molecule has 0 aliphatic rings. The van der Waals surface area contributed by atoms with Gasteiger partial charge in [-0.3, -0.25) is 0 Å². The second-order valence-corrected chi connectivity index (χ2v) is 2.58. The molecule has 0 fully saturated rings. The number of aliphatic hydroxyl groups is 1. The zero-order chi connectivity index (χ0) is 8.53. The maximum Gasteiger partial charge on any atom is 0.0919 e. The second-order valence-electron chi connectivity index (χ2n) is 2.58. The average molecular weight is 154 g/mol. The van der Waals surface area contributed by atoms with Crippen molar-refractivity contribution in [3.63, 3.8) is 0 Å². The fourth-order valence-corrected chi connectivity index (χ4v) is 0.715. The van der Waals surface area contributed by atoms with Crippen LogP contribution in [0.3, 0.4) is 0 Å². The van der Waals surface area contributed by atoms with Crippen molar-refractivity contribution >= 4 is 0 Å². The van der Waals surface area contributed by atoms with Crippen LogP contribution in [-0.4, -0.2) is 5.11 Å². The van der Waals surface area contributed by atoms with Crippen LogP contribution in [0.5, 0.6) is 0 Å². The molecule has 0 spiro atoms. The predicted octanol–water partition coefficient (Wildman–Crippen LogP) is 3.58. The van der Waals surface area contributed by atoms with Gasteiger partial charge in [-0.2, -0.15) is 0 Å². The summed E-state index contributed by atoms with van der Waals surface area (Å²) in [4.78, 5) is 0. The van der Waals surface area contributed by atoms with E-state index in [0.717, 1.165) is 12.8 Å². The summed E-state index contributed by atoms with van der Waals surface area (Å²) in [6.07, 6.45) is 10.1. The minimum Gasteiger partial charge on any atom is -0.512 e. The molecule has 0 aromatic rings. The molecule has 0 heterocycles. The second kappa shape index (κ2) is 7.39. The summed E-state index contributed by atoms with van der Waals surface area (Å²) in [7, 11) is 0. The summed E-state index contributed by atoms with van der Waals surface area (Å²) in [6.45, 7) is 4.11. The Bertz CT molecular complexity index is 134. The predicted molar refractivity (Wildman–Crippen MR) is 49.7 cm³/mol. The largest absolute Gasteiger partial charge is 0.512 e. The van der Waals surface area contributed by atoms with E-state index in [0.29, 0.717) is 5.76 Å². The quantitative estimate of drug-likeness (QED) is 0.364. The first kappa shape index (κ1) is 10.3. The number of hydrogen-bond acceptors (Lipinski definition) is 1. The van der Waals surface area contributed by atoms with E-state index < -0.39 is 0 Å². The number of rotatable bonds is 5. The zero-order valence-electron chi connectivity index (χ0n) is 7.51. The third kappa shape index (κ3) is 7.17. The fraction of sp³-hybridized carbons (Fsp3) is 0.600. The standard InChI is InChI=1S/C10H18O/c1-3-5-6-7-8-9-10(11)4-2/h7-9,11H,3-6H2,1-2H3/b8-7-,10-9+. The number of unbranched alkanes of at least 4 members (excludes halogenated alkanes) is 2. The molecule has 0 unspecified atom stereocenters. The molecule has 0 bridgehead atoms. The van der Waals surface area contributed by atoms with E-state index in [1.165, 1.54) is 12.8 Å². The minimum atomic E-state index is 0.456. The third-order valence-electron chi connectivity index (χ3n) is 1.51. The van der Waals surface area contributed by atoms with Crippen molar-refractivity contribution in [2.24, 2.45) is 0 Å². The summed E-state index contributed by atoms with van der Waals surface area (Å²) >= 11 is 0. The van der Waals surface area contributed by atoms with Crippen LogP contribution in [0.4, 0.5) is 0 Å². The first-order chi connectivity index (χ1) is 5.31. The number of aliphatic hydroxyl groups excluding tert-OH is 1. The molecule has 11 heavy (non-hydrogen) atoms. The van der Waals surface area contributed by atoms with Crippen LogP contribution in [0.15, 0.2) is 24.0 Å². The summed E-state index contributed by atoms with van der Waals surface area (Å²) in [6, 6.07) is 0. The van der Waals surface area contributed by atoms with Crippen molar-refractivity contribution in [2.45, 2.75) is 39.5 Å². The van der Waals surface area contributed by atoms with Crippen molar-refractivity contribution < 1.29 is 5.11 Å². The highest BCUT2D eigenvalue weighted by Gasteiger charge is 1.81. The van der Waals surface area contributed by atoms with Crippen LogP contribution in [0.25, 0.3) is 0 Å². The first-order valence-corrected chi connectivity index (χ1v) is 4.35. The molecule has 0 saturated heterocycles. The molecular formula is C10H18O. The van der Waals surface area contributed by atoms with E-state index in [1.807, 2.05) is 13.0 Å². The Kier molecular flexibility index (Phi) is 6.90. The molecule has 1 heteroatoms. The highest BCUT2D eigenvalue weighted by atomic mass is 16.3. The maximum atomic E-state index is 9.02. The Balaban J connectivity index is 3.42. The van der Waals surface area contributed by atoms with Crippen molar-refractivity contribution in [1.82, 2.24) is 0 Å². The van der Waals surface area contributed by atoms with Crippen LogP contribution in [0, 0.1) is 0 Å². The van der Waals surface area contributed by atoms with Crippen molar-refractivity contribution in [2.75, 3.05) is 0 Å².